The average Bonchev–Trinajstić information content (AvgIpc) is 2.94. The topological polar surface area (TPSA) is 86.1 Å². The average molecular weight is 338 g/mol. The van der Waals surface area contributed by atoms with Crippen molar-refractivity contribution >= 4 is 18.1 Å². The number of nitrogens with zero attached hydrogens (tertiary/aromatic N) is 3. The summed E-state index contributed by atoms with van der Waals surface area (Å²) in [7, 11) is 0. The standard InChI is InChI=1S/C15H16F2N4O3/c1-15(2,3)24-14(23)19-10-4-6-18-12(9(10)8-22)11-5-7-21(20-11)13(16)17/h4-8,13H,1-3H3,(H,18,19,23). The summed E-state index contributed by atoms with van der Waals surface area (Å²) in [6.07, 6.45) is 2.12. The number of aldehydes is 1. The summed E-state index contributed by atoms with van der Waals surface area (Å²) in [6, 6.07) is 2.71. The summed E-state index contributed by atoms with van der Waals surface area (Å²) in [4.78, 5) is 27.3. The lowest BCUT2D eigenvalue weighted by atomic mass is 10.1. The number of amides is 1. The van der Waals surface area contributed by atoms with Gasteiger partial charge in [-0.25, -0.2) is 9.48 Å². The van der Waals surface area contributed by atoms with Crippen LogP contribution in [0.2, 0.25) is 0 Å². The van der Waals surface area contributed by atoms with E-state index in [1.807, 2.05) is 0 Å². The van der Waals surface area contributed by atoms with Gasteiger partial charge >= 0.3 is 12.6 Å². The highest BCUT2D eigenvalue weighted by molar-refractivity contribution is 5.97. The number of carbonyl (C=O) groups is 2. The predicted octanol–water partition coefficient (Wildman–Crippen LogP) is 3.50. The van der Waals surface area contributed by atoms with Crippen molar-refractivity contribution in [1.29, 1.82) is 0 Å². The molecule has 2 aromatic heterocycles. The van der Waals surface area contributed by atoms with E-state index in [1.54, 1.807) is 20.8 Å². The summed E-state index contributed by atoms with van der Waals surface area (Å²) in [6.45, 7) is 2.29. The van der Waals surface area contributed by atoms with E-state index in [-0.39, 0.29) is 22.6 Å². The van der Waals surface area contributed by atoms with Crippen LogP contribution in [0.1, 0.15) is 37.7 Å². The van der Waals surface area contributed by atoms with Gasteiger partial charge in [0.1, 0.15) is 17.0 Å². The molecule has 128 valence electrons. The molecule has 1 N–H and O–H groups in total. The van der Waals surface area contributed by atoms with E-state index in [0.29, 0.717) is 11.0 Å². The molecule has 0 aliphatic rings. The van der Waals surface area contributed by atoms with Crippen molar-refractivity contribution in [3.63, 3.8) is 0 Å². The van der Waals surface area contributed by atoms with Crippen LogP contribution >= 0.6 is 0 Å². The molecule has 0 aliphatic carbocycles. The van der Waals surface area contributed by atoms with Gasteiger partial charge in [-0.05, 0) is 32.9 Å². The van der Waals surface area contributed by atoms with Gasteiger partial charge in [0.05, 0.1) is 11.3 Å². The van der Waals surface area contributed by atoms with E-state index in [4.69, 9.17) is 4.74 Å². The van der Waals surface area contributed by atoms with Crippen LogP contribution in [-0.2, 0) is 4.74 Å². The minimum Gasteiger partial charge on any atom is -0.444 e. The van der Waals surface area contributed by atoms with Crippen LogP contribution in [0.3, 0.4) is 0 Å². The maximum Gasteiger partial charge on any atom is 0.412 e. The zero-order valence-electron chi connectivity index (χ0n) is 13.3. The second-order valence-electron chi connectivity index (χ2n) is 5.82. The Kier molecular flexibility index (Phi) is 4.91. The van der Waals surface area contributed by atoms with E-state index in [9.17, 15) is 18.4 Å². The molecule has 0 aromatic carbocycles. The fourth-order valence-electron chi connectivity index (χ4n) is 1.89. The Hall–Kier alpha value is -2.84. The number of anilines is 1. The molecule has 2 heterocycles. The van der Waals surface area contributed by atoms with Crippen LogP contribution in [0.5, 0.6) is 0 Å². The van der Waals surface area contributed by atoms with Crippen LogP contribution in [0.25, 0.3) is 11.4 Å². The summed E-state index contributed by atoms with van der Waals surface area (Å²) in [5.74, 6) is 0. The maximum atomic E-state index is 12.6. The van der Waals surface area contributed by atoms with Crippen molar-refractivity contribution in [2.24, 2.45) is 0 Å². The summed E-state index contributed by atoms with van der Waals surface area (Å²) in [5.41, 5.74) is -0.376. The number of pyridine rings is 1. The molecular weight excluding hydrogens is 322 g/mol. The molecule has 0 atom stereocenters. The number of ether oxygens (including phenoxy) is 1. The molecule has 1 amide bonds. The van der Waals surface area contributed by atoms with Gasteiger partial charge in [0.15, 0.2) is 6.29 Å². The number of nitrogens with one attached hydrogen (secondary N) is 1. The molecule has 0 unspecified atom stereocenters. The van der Waals surface area contributed by atoms with Crippen molar-refractivity contribution in [1.82, 2.24) is 14.8 Å². The van der Waals surface area contributed by atoms with Crippen molar-refractivity contribution < 1.29 is 23.1 Å². The Morgan fingerprint density at radius 2 is 2.08 bits per heavy atom. The minimum absolute atomic E-state index is 0.0166. The van der Waals surface area contributed by atoms with Gasteiger partial charge in [-0.1, -0.05) is 0 Å². The van der Waals surface area contributed by atoms with E-state index in [1.165, 1.54) is 18.3 Å². The van der Waals surface area contributed by atoms with Gasteiger partial charge in [0.2, 0.25) is 0 Å². The van der Waals surface area contributed by atoms with E-state index >= 15 is 0 Å². The van der Waals surface area contributed by atoms with E-state index < -0.39 is 18.2 Å². The van der Waals surface area contributed by atoms with Gasteiger partial charge in [-0.2, -0.15) is 13.9 Å². The summed E-state index contributed by atoms with van der Waals surface area (Å²) >= 11 is 0. The Labute approximate surface area is 136 Å². The minimum atomic E-state index is -2.80. The molecule has 9 heteroatoms. The van der Waals surface area contributed by atoms with Crippen molar-refractivity contribution in [3.8, 4) is 11.4 Å². The van der Waals surface area contributed by atoms with Crippen molar-refractivity contribution in [3.05, 3.63) is 30.1 Å². The number of rotatable bonds is 4. The zero-order chi connectivity index (χ0) is 17.9. The Morgan fingerprint density at radius 3 is 2.62 bits per heavy atom. The van der Waals surface area contributed by atoms with Gasteiger partial charge in [-0.15, -0.1) is 0 Å². The highest BCUT2D eigenvalue weighted by Crippen LogP contribution is 2.26. The van der Waals surface area contributed by atoms with Crippen LogP contribution in [0.15, 0.2) is 24.5 Å². The molecule has 0 bridgehead atoms. The number of carbonyl (C=O) groups excluding carboxylic acids is 2. The Bertz CT molecular complexity index is 753. The number of halogens is 2. The summed E-state index contributed by atoms with van der Waals surface area (Å²) < 4.78 is 30.8. The summed E-state index contributed by atoms with van der Waals surface area (Å²) in [5, 5.41) is 6.11. The third-order valence-corrected chi connectivity index (χ3v) is 2.79. The van der Waals surface area contributed by atoms with Gasteiger partial charge in [0.25, 0.3) is 0 Å². The van der Waals surface area contributed by atoms with Gasteiger partial charge < -0.3 is 4.74 Å². The lowest BCUT2D eigenvalue weighted by molar-refractivity contribution is 0.0568. The molecule has 24 heavy (non-hydrogen) atoms. The molecule has 0 spiro atoms. The van der Waals surface area contributed by atoms with Crippen LogP contribution in [0.4, 0.5) is 19.3 Å². The molecule has 0 fully saturated rings. The van der Waals surface area contributed by atoms with Crippen LogP contribution < -0.4 is 5.32 Å². The monoisotopic (exact) mass is 338 g/mol. The molecule has 0 saturated carbocycles. The molecule has 0 aliphatic heterocycles. The van der Waals surface area contributed by atoms with Gasteiger partial charge in [-0.3, -0.25) is 15.1 Å². The first kappa shape index (κ1) is 17.5. The Morgan fingerprint density at radius 1 is 1.38 bits per heavy atom. The lowest BCUT2D eigenvalue weighted by Gasteiger charge is -2.20. The quantitative estimate of drug-likeness (QED) is 0.862. The largest absolute Gasteiger partial charge is 0.444 e. The van der Waals surface area contributed by atoms with Crippen molar-refractivity contribution in [2.75, 3.05) is 5.32 Å². The molecular formula is C15H16F2N4O3. The second kappa shape index (κ2) is 6.73. The third kappa shape index (κ3) is 4.12. The molecule has 2 rings (SSSR count). The molecule has 7 nitrogen and oxygen atoms in total. The first-order valence-corrected chi connectivity index (χ1v) is 6.99. The maximum absolute atomic E-state index is 12.6. The Balaban J connectivity index is 2.34. The highest BCUT2D eigenvalue weighted by atomic mass is 19.3. The van der Waals surface area contributed by atoms with Crippen LogP contribution in [-0.4, -0.2) is 32.7 Å². The van der Waals surface area contributed by atoms with Gasteiger partial charge in [0, 0.05) is 12.4 Å². The number of hydrogen-bond donors (Lipinski definition) is 1. The zero-order valence-corrected chi connectivity index (χ0v) is 13.3. The highest BCUT2D eigenvalue weighted by Gasteiger charge is 2.20. The predicted molar refractivity (Wildman–Crippen MR) is 82.0 cm³/mol. The third-order valence-electron chi connectivity index (χ3n) is 2.79. The molecule has 0 radical (unpaired) electrons. The molecule has 2 aromatic rings. The van der Waals surface area contributed by atoms with Crippen molar-refractivity contribution in [2.45, 2.75) is 32.9 Å². The SMILES string of the molecule is CC(C)(C)OC(=O)Nc1ccnc(-c2ccn(C(F)F)n2)c1C=O. The second-order valence-corrected chi connectivity index (χ2v) is 5.82. The normalized spacial score (nSPS) is 11.4. The number of hydrogen-bond acceptors (Lipinski definition) is 5. The smallest absolute Gasteiger partial charge is 0.412 e. The fourth-order valence-corrected chi connectivity index (χ4v) is 1.89. The lowest BCUT2D eigenvalue weighted by Crippen LogP contribution is -2.27. The van der Waals surface area contributed by atoms with E-state index in [2.05, 4.69) is 15.4 Å². The van der Waals surface area contributed by atoms with E-state index in [0.717, 1.165) is 6.20 Å². The molecule has 0 saturated heterocycles. The fraction of sp³-hybridized carbons (Fsp3) is 0.333. The number of aromatic nitrogens is 3. The first-order chi connectivity index (χ1) is 11.2. The number of alkyl halides is 2. The first-order valence-electron chi connectivity index (χ1n) is 6.99. The van der Waals surface area contributed by atoms with Crippen LogP contribution in [0, 0.1) is 0 Å².